The predicted octanol–water partition coefficient (Wildman–Crippen LogP) is 2.60. The molecule has 15 heavy (non-hydrogen) atoms. The Hall–Kier alpha value is -1.49. The maximum absolute atomic E-state index is 12.6. The van der Waals surface area contributed by atoms with E-state index in [0.717, 1.165) is 15.7 Å². The van der Waals surface area contributed by atoms with Gasteiger partial charge in [0.2, 0.25) is 0 Å². The van der Waals surface area contributed by atoms with Crippen LogP contribution in [0.15, 0.2) is 24.3 Å². The number of hydrogen-bond donors (Lipinski definition) is 1. The number of hydrogen-bond acceptors (Lipinski definition) is 4. The summed E-state index contributed by atoms with van der Waals surface area (Å²) in [4.78, 5) is 0. The molecule has 0 bridgehead atoms. The molecular formula is C10H10FN3S. The second-order valence-electron chi connectivity index (χ2n) is 3.08. The Morgan fingerprint density at radius 2 is 2.00 bits per heavy atom. The number of halogens is 1. The van der Waals surface area contributed by atoms with Gasteiger partial charge in [0, 0.05) is 5.69 Å². The first-order valence-corrected chi connectivity index (χ1v) is 5.34. The molecule has 2 rings (SSSR count). The van der Waals surface area contributed by atoms with E-state index < -0.39 is 0 Å². The first kappa shape index (κ1) is 10.0. The van der Waals surface area contributed by atoms with E-state index in [0.29, 0.717) is 6.54 Å². The smallest absolute Gasteiger partial charge is 0.136 e. The summed E-state index contributed by atoms with van der Waals surface area (Å²) in [5.74, 6) is -0.229. The molecule has 0 unspecified atom stereocenters. The molecule has 1 N–H and O–H groups in total. The van der Waals surface area contributed by atoms with Gasteiger partial charge >= 0.3 is 0 Å². The molecular weight excluding hydrogens is 213 g/mol. The molecule has 3 nitrogen and oxygen atoms in total. The van der Waals surface area contributed by atoms with Gasteiger partial charge in [0.25, 0.3) is 0 Å². The van der Waals surface area contributed by atoms with Gasteiger partial charge in [-0.1, -0.05) is 11.3 Å². The second kappa shape index (κ2) is 4.35. The minimum Gasteiger partial charge on any atom is -0.378 e. The summed E-state index contributed by atoms with van der Waals surface area (Å²) in [6, 6.07) is 6.24. The SMILES string of the molecule is Cc1nnc(CNc2ccc(F)cc2)s1. The van der Waals surface area contributed by atoms with Crippen LogP contribution in [-0.2, 0) is 6.54 Å². The molecule has 1 aromatic heterocycles. The van der Waals surface area contributed by atoms with Gasteiger partial charge in [0.1, 0.15) is 15.8 Å². The van der Waals surface area contributed by atoms with Crippen molar-refractivity contribution >= 4 is 17.0 Å². The normalized spacial score (nSPS) is 10.3. The summed E-state index contributed by atoms with van der Waals surface area (Å²) in [6.45, 7) is 2.54. The Balaban J connectivity index is 1.96. The van der Waals surface area contributed by atoms with Crippen molar-refractivity contribution in [2.75, 3.05) is 5.32 Å². The van der Waals surface area contributed by atoms with Crippen LogP contribution < -0.4 is 5.32 Å². The molecule has 0 spiro atoms. The van der Waals surface area contributed by atoms with Crippen LogP contribution in [0.25, 0.3) is 0 Å². The minimum atomic E-state index is -0.229. The fourth-order valence-electron chi connectivity index (χ4n) is 1.15. The predicted molar refractivity (Wildman–Crippen MR) is 58.4 cm³/mol. The van der Waals surface area contributed by atoms with Crippen LogP contribution in [0.2, 0.25) is 0 Å². The van der Waals surface area contributed by atoms with E-state index in [1.54, 1.807) is 23.5 Å². The van der Waals surface area contributed by atoms with Crippen LogP contribution in [0.3, 0.4) is 0 Å². The molecule has 0 amide bonds. The van der Waals surface area contributed by atoms with Gasteiger partial charge in [0.05, 0.1) is 6.54 Å². The third kappa shape index (κ3) is 2.73. The fraction of sp³-hybridized carbons (Fsp3) is 0.200. The van der Waals surface area contributed by atoms with Crippen molar-refractivity contribution < 1.29 is 4.39 Å². The summed E-state index contributed by atoms with van der Waals surface area (Å²) in [7, 11) is 0. The largest absolute Gasteiger partial charge is 0.378 e. The van der Waals surface area contributed by atoms with Gasteiger partial charge in [-0.3, -0.25) is 0 Å². The molecule has 0 radical (unpaired) electrons. The zero-order valence-corrected chi connectivity index (χ0v) is 9.01. The Labute approximate surface area is 91.0 Å². The lowest BCUT2D eigenvalue weighted by atomic mass is 10.3. The van der Waals surface area contributed by atoms with Gasteiger partial charge in [-0.2, -0.15) is 0 Å². The van der Waals surface area contributed by atoms with Crippen molar-refractivity contribution in [3.63, 3.8) is 0 Å². The Morgan fingerprint density at radius 1 is 1.27 bits per heavy atom. The second-order valence-corrected chi connectivity index (χ2v) is 4.34. The Kier molecular flexibility index (Phi) is 2.91. The average molecular weight is 223 g/mol. The Morgan fingerprint density at radius 3 is 2.60 bits per heavy atom. The fourth-order valence-corrected chi connectivity index (χ4v) is 1.80. The number of rotatable bonds is 3. The van der Waals surface area contributed by atoms with Gasteiger partial charge in [-0.05, 0) is 31.2 Å². The quantitative estimate of drug-likeness (QED) is 0.869. The lowest BCUT2D eigenvalue weighted by molar-refractivity contribution is 0.628. The molecule has 5 heteroatoms. The zero-order chi connectivity index (χ0) is 10.7. The van der Waals surface area contributed by atoms with Crippen LogP contribution >= 0.6 is 11.3 Å². The summed E-state index contributed by atoms with van der Waals surface area (Å²) in [5, 5.41) is 12.9. The molecule has 2 aromatic rings. The van der Waals surface area contributed by atoms with E-state index in [1.807, 2.05) is 6.92 Å². The number of benzene rings is 1. The molecule has 78 valence electrons. The summed E-state index contributed by atoms with van der Waals surface area (Å²) >= 11 is 1.55. The van der Waals surface area contributed by atoms with Crippen LogP contribution in [0.1, 0.15) is 10.0 Å². The molecule has 0 aliphatic rings. The highest BCUT2D eigenvalue weighted by Gasteiger charge is 1.99. The summed E-state index contributed by atoms with van der Waals surface area (Å²) in [5.41, 5.74) is 0.879. The van der Waals surface area contributed by atoms with E-state index in [-0.39, 0.29) is 5.82 Å². The number of anilines is 1. The van der Waals surface area contributed by atoms with E-state index in [4.69, 9.17) is 0 Å². The van der Waals surface area contributed by atoms with Gasteiger partial charge < -0.3 is 5.32 Å². The minimum absolute atomic E-state index is 0.229. The zero-order valence-electron chi connectivity index (χ0n) is 8.20. The lowest BCUT2D eigenvalue weighted by Crippen LogP contribution is -1.98. The van der Waals surface area contributed by atoms with Crippen molar-refractivity contribution in [3.8, 4) is 0 Å². The maximum Gasteiger partial charge on any atom is 0.136 e. The summed E-state index contributed by atoms with van der Waals surface area (Å²) < 4.78 is 12.6. The first-order valence-electron chi connectivity index (χ1n) is 4.52. The van der Waals surface area contributed by atoms with Crippen molar-refractivity contribution in [3.05, 3.63) is 40.1 Å². The standard InChI is InChI=1S/C10H10FN3S/c1-7-13-14-10(15-7)6-12-9-4-2-8(11)3-5-9/h2-5,12H,6H2,1H3. The topological polar surface area (TPSA) is 37.8 Å². The highest BCUT2D eigenvalue weighted by molar-refractivity contribution is 7.11. The van der Waals surface area contributed by atoms with Crippen LogP contribution in [0.5, 0.6) is 0 Å². The van der Waals surface area contributed by atoms with E-state index in [9.17, 15) is 4.39 Å². The third-order valence-electron chi connectivity index (χ3n) is 1.86. The molecule has 0 fully saturated rings. The molecule has 0 atom stereocenters. The highest BCUT2D eigenvalue weighted by Crippen LogP contribution is 2.12. The number of nitrogens with zero attached hydrogens (tertiary/aromatic N) is 2. The van der Waals surface area contributed by atoms with Crippen LogP contribution in [0, 0.1) is 12.7 Å². The van der Waals surface area contributed by atoms with E-state index in [2.05, 4.69) is 15.5 Å². The van der Waals surface area contributed by atoms with Crippen LogP contribution in [0.4, 0.5) is 10.1 Å². The average Bonchev–Trinajstić information content (AvgIpc) is 2.64. The van der Waals surface area contributed by atoms with Gasteiger partial charge in [0.15, 0.2) is 0 Å². The third-order valence-corrected chi connectivity index (χ3v) is 2.69. The summed E-state index contributed by atoms with van der Waals surface area (Å²) in [6.07, 6.45) is 0. The number of aryl methyl sites for hydroxylation is 1. The van der Waals surface area contributed by atoms with Crippen molar-refractivity contribution in [1.82, 2.24) is 10.2 Å². The van der Waals surface area contributed by atoms with E-state index >= 15 is 0 Å². The monoisotopic (exact) mass is 223 g/mol. The lowest BCUT2D eigenvalue weighted by Gasteiger charge is -2.02. The van der Waals surface area contributed by atoms with Gasteiger partial charge in [-0.15, -0.1) is 10.2 Å². The molecule has 1 heterocycles. The first-order chi connectivity index (χ1) is 7.24. The number of aromatic nitrogens is 2. The highest BCUT2D eigenvalue weighted by atomic mass is 32.1. The van der Waals surface area contributed by atoms with Gasteiger partial charge in [-0.25, -0.2) is 4.39 Å². The molecule has 0 aliphatic heterocycles. The number of nitrogens with one attached hydrogen (secondary N) is 1. The Bertz CT molecular complexity index is 438. The molecule has 0 saturated carbocycles. The van der Waals surface area contributed by atoms with Crippen molar-refractivity contribution in [2.45, 2.75) is 13.5 Å². The van der Waals surface area contributed by atoms with Crippen LogP contribution in [-0.4, -0.2) is 10.2 Å². The van der Waals surface area contributed by atoms with Crippen molar-refractivity contribution in [1.29, 1.82) is 0 Å². The van der Waals surface area contributed by atoms with E-state index in [1.165, 1.54) is 12.1 Å². The maximum atomic E-state index is 12.6. The van der Waals surface area contributed by atoms with Crippen molar-refractivity contribution in [2.24, 2.45) is 0 Å². The molecule has 0 aliphatic carbocycles. The molecule has 1 aromatic carbocycles. The molecule has 0 saturated heterocycles.